The predicted octanol–water partition coefficient (Wildman–Crippen LogP) is 3.30. The molecule has 4 nitrogen and oxygen atoms in total. The van der Waals surface area contributed by atoms with Gasteiger partial charge in [0.15, 0.2) is 18.2 Å². The molecule has 1 heterocycles. The Bertz CT molecular complexity index is 734. The number of likely N-dealkylation sites (tertiary alicyclic amines) is 1. The summed E-state index contributed by atoms with van der Waals surface area (Å²) in [7, 11) is 0. The van der Waals surface area contributed by atoms with E-state index < -0.39 is 11.6 Å². The Hall–Kier alpha value is -2.47. The molecule has 0 aliphatic carbocycles. The van der Waals surface area contributed by atoms with Crippen molar-refractivity contribution in [1.29, 1.82) is 0 Å². The first-order chi connectivity index (χ1) is 12.6. The van der Waals surface area contributed by atoms with E-state index in [1.165, 1.54) is 18.9 Å². The van der Waals surface area contributed by atoms with Crippen LogP contribution in [0.15, 0.2) is 48.5 Å². The van der Waals surface area contributed by atoms with E-state index in [0.29, 0.717) is 0 Å². The molecule has 1 aliphatic rings. The number of nitrogens with one attached hydrogen (secondary N) is 1. The highest BCUT2D eigenvalue weighted by Gasteiger charge is 2.21. The number of carbonyl (C=O) groups excluding carboxylic acids is 1. The molecule has 0 bridgehead atoms. The number of amides is 1. The second-order valence-corrected chi connectivity index (χ2v) is 6.40. The van der Waals surface area contributed by atoms with Gasteiger partial charge >= 0.3 is 0 Å². The molecule has 0 radical (unpaired) electrons. The molecule has 1 N–H and O–H groups in total. The average Bonchev–Trinajstić information content (AvgIpc) is 3.14. The zero-order chi connectivity index (χ0) is 18.4. The van der Waals surface area contributed by atoms with Crippen LogP contribution in [0.3, 0.4) is 0 Å². The lowest BCUT2D eigenvalue weighted by molar-refractivity contribution is -0.124. The Kier molecular flexibility index (Phi) is 6.17. The Morgan fingerprint density at radius 2 is 1.85 bits per heavy atom. The molecule has 2 aromatic carbocycles. The quantitative estimate of drug-likeness (QED) is 0.824. The summed E-state index contributed by atoms with van der Waals surface area (Å²) < 4.78 is 31.7. The van der Waals surface area contributed by atoms with Gasteiger partial charge < -0.3 is 15.0 Å². The minimum absolute atomic E-state index is 0.141. The molecule has 2 aromatic rings. The van der Waals surface area contributed by atoms with E-state index in [4.69, 9.17) is 4.74 Å². The number of carbonyl (C=O) groups is 1. The van der Waals surface area contributed by atoms with Gasteiger partial charge in [0, 0.05) is 12.6 Å². The summed E-state index contributed by atoms with van der Waals surface area (Å²) in [6.45, 7) is 2.44. The third kappa shape index (κ3) is 5.02. The third-order valence-corrected chi connectivity index (χ3v) is 4.43. The van der Waals surface area contributed by atoms with Gasteiger partial charge in [0.1, 0.15) is 5.82 Å². The molecule has 1 unspecified atom stereocenters. The first-order valence-corrected chi connectivity index (χ1v) is 8.76. The fraction of sp³-hybridized carbons (Fsp3) is 0.350. The second kappa shape index (κ2) is 8.76. The number of benzene rings is 2. The van der Waals surface area contributed by atoms with Crippen molar-refractivity contribution in [2.45, 2.75) is 18.9 Å². The molecule has 0 aromatic heterocycles. The van der Waals surface area contributed by atoms with Gasteiger partial charge in [-0.05, 0) is 43.6 Å². The van der Waals surface area contributed by atoms with Crippen molar-refractivity contribution in [2.24, 2.45) is 0 Å². The minimum Gasteiger partial charge on any atom is -0.481 e. The van der Waals surface area contributed by atoms with E-state index in [-0.39, 0.29) is 24.3 Å². The predicted molar refractivity (Wildman–Crippen MR) is 94.9 cm³/mol. The topological polar surface area (TPSA) is 41.6 Å². The molecule has 3 rings (SSSR count). The highest BCUT2D eigenvalue weighted by molar-refractivity contribution is 5.78. The standard InChI is InChI=1S/C20H22F2N2O2/c21-16-8-9-19(17(22)12-16)26-14-20(25)23-18(13-24-10-4-5-11-24)15-6-2-1-3-7-15/h1-3,6-9,12,18H,4-5,10-11,13-14H2,(H,23,25). The second-order valence-electron chi connectivity index (χ2n) is 6.40. The maximum Gasteiger partial charge on any atom is 0.258 e. The normalized spacial score (nSPS) is 15.6. The summed E-state index contributed by atoms with van der Waals surface area (Å²) in [5, 5.41) is 2.96. The summed E-state index contributed by atoms with van der Waals surface area (Å²) in [4.78, 5) is 14.6. The zero-order valence-corrected chi connectivity index (χ0v) is 14.5. The van der Waals surface area contributed by atoms with Gasteiger partial charge in [-0.3, -0.25) is 4.79 Å². The first-order valence-electron chi connectivity index (χ1n) is 8.76. The summed E-state index contributed by atoms with van der Waals surface area (Å²) in [5.74, 6) is -2.00. The first kappa shape index (κ1) is 18.3. The summed E-state index contributed by atoms with van der Waals surface area (Å²) in [5.41, 5.74) is 1.01. The average molecular weight is 360 g/mol. The molecule has 1 fully saturated rings. The molecular weight excluding hydrogens is 338 g/mol. The molecule has 0 spiro atoms. The number of halogens is 2. The minimum atomic E-state index is -0.825. The van der Waals surface area contributed by atoms with E-state index >= 15 is 0 Å². The van der Waals surface area contributed by atoms with Crippen LogP contribution in [-0.2, 0) is 4.79 Å². The van der Waals surface area contributed by atoms with Crippen LogP contribution in [0.1, 0.15) is 24.4 Å². The van der Waals surface area contributed by atoms with Crippen LogP contribution in [-0.4, -0.2) is 37.0 Å². The van der Waals surface area contributed by atoms with Gasteiger partial charge in [0.05, 0.1) is 6.04 Å². The lowest BCUT2D eigenvalue weighted by Gasteiger charge is -2.25. The molecule has 1 amide bonds. The van der Waals surface area contributed by atoms with Crippen molar-refractivity contribution in [2.75, 3.05) is 26.2 Å². The van der Waals surface area contributed by atoms with Crippen LogP contribution >= 0.6 is 0 Å². The largest absolute Gasteiger partial charge is 0.481 e. The molecule has 26 heavy (non-hydrogen) atoms. The monoisotopic (exact) mass is 360 g/mol. The highest BCUT2D eigenvalue weighted by Crippen LogP contribution is 2.19. The van der Waals surface area contributed by atoms with E-state index in [9.17, 15) is 13.6 Å². The number of hydrogen-bond donors (Lipinski definition) is 1. The molecule has 1 aliphatic heterocycles. The van der Waals surface area contributed by atoms with Crippen molar-refractivity contribution in [1.82, 2.24) is 10.2 Å². The van der Waals surface area contributed by atoms with Crippen molar-refractivity contribution in [3.8, 4) is 5.75 Å². The van der Waals surface area contributed by atoms with Gasteiger partial charge in [-0.2, -0.15) is 0 Å². The Morgan fingerprint density at radius 1 is 1.12 bits per heavy atom. The van der Waals surface area contributed by atoms with Crippen LogP contribution in [0.5, 0.6) is 5.75 Å². The van der Waals surface area contributed by atoms with E-state index in [1.807, 2.05) is 30.3 Å². The maximum atomic E-state index is 13.6. The van der Waals surface area contributed by atoms with Crippen molar-refractivity contribution >= 4 is 5.91 Å². The fourth-order valence-corrected chi connectivity index (χ4v) is 3.11. The molecule has 138 valence electrons. The van der Waals surface area contributed by atoms with Gasteiger partial charge in [-0.1, -0.05) is 30.3 Å². The number of ether oxygens (including phenoxy) is 1. The number of hydrogen-bond acceptors (Lipinski definition) is 3. The maximum absolute atomic E-state index is 13.6. The van der Waals surface area contributed by atoms with Gasteiger partial charge in [0.2, 0.25) is 0 Å². The number of rotatable bonds is 7. The van der Waals surface area contributed by atoms with E-state index in [0.717, 1.165) is 37.3 Å². The highest BCUT2D eigenvalue weighted by atomic mass is 19.1. The molecule has 1 saturated heterocycles. The smallest absolute Gasteiger partial charge is 0.258 e. The van der Waals surface area contributed by atoms with Gasteiger partial charge in [-0.15, -0.1) is 0 Å². The van der Waals surface area contributed by atoms with Crippen LogP contribution in [0.2, 0.25) is 0 Å². The Balaban J connectivity index is 1.61. The lowest BCUT2D eigenvalue weighted by Crippen LogP contribution is -2.39. The summed E-state index contributed by atoms with van der Waals surface area (Å²) in [6, 6.07) is 12.6. The molecule has 1 atom stereocenters. The molecule has 0 saturated carbocycles. The van der Waals surface area contributed by atoms with Crippen molar-refractivity contribution in [3.05, 3.63) is 65.7 Å². The fourth-order valence-electron chi connectivity index (χ4n) is 3.11. The van der Waals surface area contributed by atoms with Crippen molar-refractivity contribution < 1.29 is 18.3 Å². The van der Waals surface area contributed by atoms with E-state index in [1.54, 1.807) is 0 Å². The summed E-state index contributed by atoms with van der Waals surface area (Å²) >= 11 is 0. The van der Waals surface area contributed by atoms with Crippen LogP contribution < -0.4 is 10.1 Å². The van der Waals surface area contributed by atoms with Gasteiger partial charge in [0.25, 0.3) is 5.91 Å². The molecule has 6 heteroatoms. The number of nitrogens with zero attached hydrogens (tertiary/aromatic N) is 1. The Morgan fingerprint density at radius 3 is 2.54 bits per heavy atom. The van der Waals surface area contributed by atoms with E-state index in [2.05, 4.69) is 10.2 Å². The van der Waals surface area contributed by atoms with Crippen LogP contribution in [0, 0.1) is 11.6 Å². The van der Waals surface area contributed by atoms with Crippen LogP contribution in [0.4, 0.5) is 8.78 Å². The lowest BCUT2D eigenvalue weighted by atomic mass is 10.1. The van der Waals surface area contributed by atoms with Crippen LogP contribution in [0.25, 0.3) is 0 Å². The Labute approximate surface area is 151 Å². The SMILES string of the molecule is O=C(COc1ccc(F)cc1F)NC(CN1CCCC1)c1ccccc1. The van der Waals surface area contributed by atoms with Gasteiger partial charge in [-0.25, -0.2) is 8.78 Å². The molecular formula is C20H22F2N2O2. The zero-order valence-electron chi connectivity index (χ0n) is 14.5. The van der Waals surface area contributed by atoms with Crippen molar-refractivity contribution in [3.63, 3.8) is 0 Å². The third-order valence-electron chi connectivity index (χ3n) is 4.43. The summed E-state index contributed by atoms with van der Waals surface area (Å²) in [6.07, 6.45) is 2.34.